The Morgan fingerprint density at radius 3 is 2.20 bits per heavy atom. The third-order valence-electron chi connectivity index (χ3n) is 1.43. The summed E-state index contributed by atoms with van der Waals surface area (Å²) in [6.07, 6.45) is 0.721. The van der Waals surface area contributed by atoms with E-state index in [-0.39, 0.29) is 17.5 Å². The van der Waals surface area contributed by atoms with Crippen molar-refractivity contribution in [1.29, 1.82) is 0 Å². The lowest BCUT2D eigenvalue weighted by atomic mass is 10.3. The Morgan fingerprint density at radius 1 is 1.40 bits per heavy atom. The predicted molar refractivity (Wildman–Crippen MR) is 42.6 cm³/mol. The first kappa shape index (κ1) is 9.91. The van der Waals surface area contributed by atoms with E-state index < -0.39 is 9.84 Å². The van der Waals surface area contributed by atoms with Crippen molar-refractivity contribution in [3.05, 3.63) is 0 Å². The van der Waals surface area contributed by atoms with E-state index >= 15 is 0 Å². The molecule has 4 heteroatoms. The van der Waals surface area contributed by atoms with Crippen LogP contribution in [0.25, 0.3) is 0 Å². The number of rotatable bonds is 4. The fourth-order valence-electron chi connectivity index (χ4n) is 0.562. The van der Waals surface area contributed by atoms with E-state index in [1.54, 1.807) is 6.92 Å². The minimum absolute atomic E-state index is 0.125. The maximum absolute atomic E-state index is 10.9. The lowest BCUT2D eigenvalue weighted by molar-refractivity contribution is 0.585. The Kier molecular flexibility index (Phi) is 3.89. The second-order valence-electron chi connectivity index (χ2n) is 2.37. The van der Waals surface area contributed by atoms with Crippen molar-refractivity contribution in [3.63, 3.8) is 0 Å². The molecule has 3 nitrogen and oxygen atoms in total. The minimum Gasteiger partial charge on any atom is -0.327 e. The third kappa shape index (κ3) is 3.85. The van der Waals surface area contributed by atoms with Crippen molar-refractivity contribution in [2.75, 3.05) is 11.5 Å². The van der Waals surface area contributed by atoms with Gasteiger partial charge in [0.05, 0.1) is 5.75 Å². The molecular formula is C6H15NO2S. The normalized spacial score (nSPS) is 15.1. The van der Waals surface area contributed by atoms with Crippen LogP contribution in [0, 0.1) is 0 Å². The Balaban J connectivity index is 3.90. The molecule has 0 saturated heterocycles. The standard InChI is InChI=1S/C6H15NO2S/c1-3-6(7)5-10(8,9)4-2/h6H,3-5,7H2,1-2H3. The first-order valence-corrected chi connectivity index (χ1v) is 5.30. The Morgan fingerprint density at radius 2 is 1.90 bits per heavy atom. The van der Waals surface area contributed by atoms with E-state index in [9.17, 15) is 8.42 Å². The minimum atomic E-state index is -2.86. The van der Waals surface area contributed by atoms with Crippen molar-refractivity contribution in [2.24, 2.45) is 5.73 Å². The zero-order chi connectivity index (χ0) is 8.20. The monoisotopic (exact) mass is 165 g/mol. The maximum atomic E-state index is 10.9. The average molecular weight is 165 g/mol. The molecule has 1 atom stereocenters. The van der Waals surface area contributed by atoms with Crippen LogP contribution in [0.5, 0.6) is 0 Å². The molecule has 62 valence electrons. The fourth-order valence-corrected chi connectivity index (χ4v) is 1.69. The zero-order valence-corrected chi connectivity index (χ0v) is 7.32. The lowest BCUT2D eigenvalue weighted by Gasteiger charge is -2.06. The SMILES string of the molecule is CCC(N)CS(=O)(=O)CC. The molecule has 0 aromatic carbocycles. The largest absolute Gasteiger partial charge is 0.327 e. The summed E-state index contributed by atoms with van der Waals surface area (Å²) in [5.74, 6) is 0.320. The van der Waals surface area contributed by atoms with Gasteiger partial charge in [0.1, 0.15) is 0 Å². The maximum Gasteiger partial charge on any atom is 0.151 e. The van der Waals surface area contributed by atoms with Crippen LogP contribution < -0.4 is 5.73 Å². The number of sulfone groups is 1. The van der Waals surface area contributed by atoms with Crippen molar-refractivity contribution in [1.82, 2.24) is 0 Å². The molecule has 2 N–H and O–H groups in total. The van der Waals surface area contributed by atoms with Crippen LogP contribution in [0.15, 0.2) is 0 Å². The van der Waals surface area contributed by atoms with Gasteiger partial charge in [-0.1, -0.05) is 13.8 Å². The number of hydrogen-bond acceptors (Lipinski definition) is 3. The molecule has 10 heavy (non-hydrogen) atoms. The molecule has 0 fully saturated rings. The second-order valence-corrected chi connectivity index (χ2v) is 4.77. The van der Waals surface area contributed by atoms with Gasteiger partial charge in [0.2, 0.25) is 0 Å². The summed E-state index contributed by atoms with van der Waals surface area (Å²) in [7, 11) is -2.86. The molecule has 0 aliphatic rings. The van der Waals surface area contributed by atoms with E-state index in [0.717, 1.165) is 6.42 Å². The highest BCUT2D eigenvalue weighted by atomic mass is 32.2. The molecule has 0 rings (SSSR count). The van der Waals surface area contributed by atoms with E-state index in [4.69, 9.17) is 5.73 Å². The lowest BCUT2D eigenvalue weighted by Crippen LogP contribution is -2.29. The molecule has 0 aliphatic heterocycles. The zero-order valence-electron chi connectivity index (χ0n) is 6.50. The molecular weight excluding hydrogens is 150 g/mol. The Bertz CT molecular complexity index is 174. The van der Waals surface area contributed by atoms with Crippen LogP contribution in [0.2, 0.25) is 0 Å². The topological polar surface area (TPSA) is 60.2 Å². The number of hydrogen-bond donors (Lipinski definition) is 1. The molecule has 0 saturated carbocycles. The quantitative estimate of drug-likeness (QED) is 0.645. The summed E-state index contributed by atoms with van der Waals surface area (Å²) in [5.41, 5.74) is 5.46. The summed E-state index contributed by atoms with van der Waals surface area (Å²) in [6, 6.07) is -0.190. The smallest absolute Gasteiger partial charge is 0.151 e. The second kappa shape index (κ2) is 3.93. The predicted octanol–water partition coefficient (Wildman–Crippen LogP) is 0.158. The van der Waals surface area contributed by atoms with Crippen molar-refractivity contribution in [2.45, 2.75) is 26.3 Å². The van der Waals surface area contributed by atoms with Crippen LogP contribution in [0.4, 0.5) is 0 Å². The van der Waals surface area contributed by atoms with Gasteiger partial charge in [-0.05, 0) is 6.42 Å². The van der Waals surface area contributed by atoms with Crippen molar-refractivity contribution >= 4 is 9.84 Å². The molecule has 1 unspecified atom stereocenters. The first-order chi connectivity index (χ1) is 4.52. The average Bonchev–Trinajstić information content (AvgIpc) is 1.87. The van der Waals surface area contributed by atoms with E-state index in [1.807, 2.05) is 6.92 Å². The van der Waals surface area contributed by atoms with Crippen LogP contribution in [0.1, 0.15) is 20.3 Å². The van der Waals surface area contributed by atoms with Crippen LogP contribution in [-0.2, 0) is 9.84 Å². The van der Waals surface area contributed by atoms with E-state index in [0.29, 0.717) is 0 Å². The highest BCUT2D eigenvalue weighted by Crippen LogP contribution is 1.95. The summed E-state index contributed by atoms with van der Waals surface area (Å²) in [5, 5.41) is 0. The van der Waals surface area contributed by atoms with Gasteiger partial charge < -0.3 is 5.73 Å². The van der Waals surface area contributed by atoms with E-state index in [1.165, 1.54) is 0 Å². The molecule has 0 heterocycles. The Labute approximate surface area is 62.5 Å². The molecule has 0 aliphatic carbocycles. The third-order valence-corrected chi connectivity index (χ3v) is 3.25. The molecule has 0 radical (unpaired) electrons. The first-order valence-electron chi connectivity index (χ1n) is 3.47. The van der Waals surface area contributed by atoms with Crippen LogP contribution >= 0.6 is 0 Å². The molecule has 0 amide bonds. The molecule has 0 aromatic heterocycles. The van der Waals surface area contributed by atoms with Crippen molar-refractivity contribution in [3.8, 4) is 0 Å². The van der Waals surface area contributed by atoms with Gasteiger partial charge in [-0.3, -0.25) is 0 Å². The highest BCUT2D eigenvalue weighted by Gasteiger charge is 2.11. The van der Waals surface area contributed by atoms with Gasteiger partial charge >= 0.3 is 0 Å². The summed E-state index contributed by atoms with van der Waals surface area (Å²) in [4.78, 5) is 0. The molecule has 0 aromatic rings. The van der Waals surface area contributed by atoms with Crippen LogP contribution in [-0.4, -0.2) is 26.0 Å². The molecule has 0 bridgehead atoms. The summed E-state index contributed by atoms with van der Waals surface area (Å²) < 4.78 is 21.8. The fraction of sp³-hybridized carbons (Fsp3) is 1.00. The number of nitrogens with two attached hydrogens (primary N) is 1. The van der Waals surface area contributed by atoms with Crippen LogP contribution in [0.3, 0.4) is 0 Å². The van der Waals surface area contributed by atoms with Crippen molar-refractivity contribution < 1.29 is 8.42 Å². The van der Waals surface area contributed by atoms with Gasteiger partial charge in [0.15, 0.2) is 9.84 Å². The van der Waals surface area contributed by atoms with Gasteiger partial charge in [-0.2, -0.15) is 0 Å². The highest BCUT2D eigenvalue weighted by molar-refractivity contribution is 7.91. The van der Waals surface area contributed by atoms with Gasteiger partial charge in [-0.15, -0.1) is 0 Å². The Hall–Kier alpha value is -0.0900. The van der Waals surface area contributed by atoms with Gasteiger partial charge in [-0.25, -0.2) is 8.42 Å². The van der Waals surface area contributed by atoms with Gasteiger partial charge in [0.25, 0.3) is 0 Å². The summed E-state index contributed by atoms with van der Waals surface area (Å²) in [6.45, 7) is 3.52. The summed E-state index contributed by atoms with van der Waals surface area (Å²) >= 11 is 0. The van der Waals surface area contributed by atoms with Gasteiger partial charge in [0, 0.05) is 11.8 Å². The molecule has 0 spiro atoms. The van der Waals surface area contributed by atoms with E-state index in [2.05, 4.69) is 0 Å².